The van der Waals surface area contributed by atoms with Crippen molar-refractivity contribution in [1.29, 1.82) is 0 Å². The molecule has 2 aromatic rings. The topological polar surface area (TPSA) is 67.9 Å². The number of hydrogen-bond acceptors (Lipinski definition) is 5. The number of carbonyl (C=O) groups is 2. The lowest BCUT2D eigenvalue weighted by molar-refractivity contribution is -0.133. The molecule has 0 aromatic heterocycles. The highest BCUT2D eigenvalue weighted by Crippen LogP contribution is 2.31. The van der Waals surface area contributed by atoms with Crippen LogP contribution in [0.3, 0.4) is 0 Å². The highest BCUT2D eigenvalue weighted by Gasteiger charge is 2.25. The van der Waals surface area contributed by atoms with Gasteiger partial charge in [-0.05, 0) is 30.7 Å². The number of fused-ring (bicyclic) bond motifs is 1. The van der Waals surface area contributed by atoms with E-state index in [1.807, 2.05) is 37.3 Å². The Hall–Kier alpha value is -3.02. The van der Waals surface area contributed by atoms with Crippen molar-refractivity contribution in [2.24, 2.45) is 0 Å². The molecular formula is C19H20N2O4. The van der Waals surface area contributed by atoms with E-state index in [0.717, 1.165) is 12.1 Å². The van der Waals surface area contributed by atoms with Gasteiger partial charge in [0.1, 0.15) is 12.3 Å². The van der Waals surface area contributed by atoms with Gasteiger partial charge >= 0.3 is 5.97 Å². The third-order valence-electron chi connectivity index (χ3n) is 3.71. The second-order valence-electron chi connectivity index (χ2n) is 5.69. The lowest BCUT2D eigenvalue weighted by Crippen LogP contribution is -2.41. The van der Waals surface area contributed by atoms with Crippen molar-refractivity contribution in [3.05, 3.63) is 48.5 Å². The number of para-hydroxylation sites is 4. The predicted molar refractivity (Wildman–Crippen MR) is 95.1 cm³/mol. The highest BCUT2D eigenvalue weighted by atomic mass is 16.5. The van der Waals surface area contributed by atoms with Gasteiger partial charge in [-0.2, -0.15) is 0 Å². The largest absolute Gasteiger partial charge is 0.491 e. The maximum Gasteiger partial charge on any atom is 0.331 e. The fourth-order valence-electron chi connectivity index (χ4n) is 2.61. The van der Waals surface area contributed by atoms with E-state index in [-0.39, 0.29) is 25.0 Å². The molecule has 0 radical (unpaired) electrons. The molecule has 0 spiro atoms. The van der Waals surface area contributed by atoms with Crippen molar-refractivity contribution in [3.8, 4) is 11.5 Å². The molecule has 6 heteroatoms. The number of amides is 1. The quantitative estimate of drug-likeness (QED) is 0.647. The Bertz CT molecular complexity index is 776. The minimum Gasteiger partial charge on any atom is -0.491 e. The molecule has 0 unspecified atom stereocenters. The number of ether oxygens (including phenoxy) is 2. The van der Waals surface area contributed by atoms with Crippen LogP contribution >= 0.6 is 0 Å². The lowest BCUT2D eigenvalue weighted by atomic mass is 10.2. The van der Waals surface area contributed by atoms with E-state index >= 15 is 0 Å². The van der Waals surface area contributed by atoms with Gasteiger partial charge in [-0.3, -0.25) is 4.79 Å². The average Bonchev–Trinajstić information content (AvgIpc) is 2.61. The molecule has 1 amide bonds. The Morgan fingerprint density at radius 3 is 2.80 bits per heavy atom. The van der Waals surface area contributed by atoms with Gasteiger partial charge in [0, 0.05) is 0 Å². The summed E-state index contributed by atoms with van der Waals surface area (Å²) in [6.45, 7) is 2.69. The van der Waals surface area contributed by atoms with Crippen LogP contribution in [-0.4, -0.2) is 31.6 Å². The first kappa shape index (κ1) is 16.8. The molecule has 1 N–H and O–H groups in total. The van der Waals surface area contributed by atoms with E-state index in [1.54, 1.807) is 23.1 Å². The average molecular weight is 340 g/mol. The van der Waals surface area contributed by atoms with Crippen molar-refractivity contribution < 1.29 is 19.1 Å². The minimum atomic E-state index is -0.377. The van der Waals surface area contributed by atoms with Crippen LogP contribution < -0.4 is 19.7 Å². The third kappa shape index (κ3) is 4.09. The van der Waals surface area contributed by atoms with E-state index in [0.29, 0.717) is 23.8 Å². The van der Waals surface area contributed by atoms with Crippen LogP contribution in [0.5, 0.6) is 11.5 Å². The van der Waals surface area contributed by atoms with E-state index in [1.165, 1.54) is 0 Å². The monoisotopic (exact) mass is 340 g/mol. The maximum atomic E-state index is 12.5. The molecule has 0 bridgehead atoms. The Morgan fingerprint density at radius 1 is 1.20 bits per heavy atom. The molecular weight excluding hydrogens is 320 g/mol. The van der Waals surface area contributed by atoms with Gasteiger partial charge in [0.15, 0.2) is 5.75 Å². The van der Waals surface area contributed by atoms with Crippen molar-refractivity contribution in [2.45, 2.75) is 13.3 Å². The van der Waals surface area contributed by atoms with Crippen LogP contribution in [0.4, 0.5) is 11.4 Å². The first-order chi connectivity index (χ1) is 12.2. The molecule has 0 atom stereocenters. The van der Waals surface area contributed by atoms with Gasteiger partial charge in [-0.15, -0.1) is 0 Å². The number of anilines is 2. The summed E-state index contributed by atoms with van der Waals surface area (Å²) in [4.78, 5) is 25.9. The van der Waals surface area contributed by atoms with Crippen molar-refractivity contribution in [1.82, 2.24) is 0 Å². The van der Waals surface area contributed by atoms with Gasteiger partial charge in [0.05, 0.1) is 24.5 Å². The lowest BCUT2D eigenvalue weighted by Gasteiger charge is -2.29. The zero-order valence-corrected chi connectivity index (χ0v) is 14.0. The Balaban J connectivity index is 1.70. The summed E-state index contributed by atoms with van der Waals surface area (Å²) in [5.41, 5.74) is 1.35. The Morgan fingerprint density at radius 2 is 1.96 bits per heavy atom. The SMILES string of the molecule is CCCOc1ccccc1NC(=O)CN1CC(=O)Oc2ccccc21. The number of rotatable bonds is 6. The van der Waals surface area contributed by atoms with E-state index in [4.69, 9.17) is 9.47 Å². The number of nitrogens with one attached hydrogen (secondary N) is 1. The zero-order chi connectivity index (χ0) is 17.6. The molecule has 25 heavy (non-hydrogen) atoms. The fourth-order valence-corrected chi connectivity index (χ4v) is 2.61. The molecule has 1 heterocycles. The maximum absolute atomic E-state index is 12.5. The van der Waals surface area contributed by atoms with Crippen molar-refractivity contribution in [3.63, 3.8) is 0 Å². The summed E-state index contributed by atoms with van der Waals surface area (Å²) in [6, 6.07) is 14.5. The number of hydrogen-bond donors (Lipinski definition) is 1. The number of carbonyl (C=O) groups excluding carboxylic acids is 2. The summed E-state index contributed by atoms with van der Waals surface area (Å²) in [6.07, 6.45) is 0.884. The molecule has 0 fully saturated rings. The van der Waals surface area contributed by atoms with Gasteiger partial charge < -0.3 is 19.7 Å². The summed E-state index contributed by atoms with van der Waals surface area (Å²) < 4.78 is 10.8. The number of benzene rings is 2. The molecule has 1 aliphatic heterocycles. The number of esters is 1. The van der Waals surface area contributed by atoms with Gasteiger partial charge in [0.2, 0.25) is 5.91 Å². The summed E-state index contributed by atoms with van der Waals surface area (Å²) in [5, 5.41) is 2.85. The van der Waals surface area contributed by atoms with E-state index < -0.39 is 0 Å². The molecule has 2 aromatic carbocycles. The summed E-state index contributed by atoms with van der Waals surface area (Å²) in [7, 11) is 0. The Kier molecular flexibility index (Phi) is 5.18. The molecule has 0 aliphatic carbocycles. The normalized spacial score (nSPS) is 13.0. The van der Waals surface area contributed by atoms with E-state index in [2.05, 4.69) is 5.32 Å². The van der Waals surface area contributed by atoms with Gasteiger partial charge in [0.25, 0.3) is 0 Å². The summed E-state index contributed by atoms with van der Waals surface area (Å²) >= 11 is 0. The van der Waals surface area contributed by atoms with Crippen LogP contribution in [-0.2, 0) is 9.59 Å². The Labute approximate surface area is 146 Å². The predicted octanol–water partition coefficient (Wildman–Crippen LogP) is 2.84. The third-order valence-corrected chi connectivity index (χ3v) is 3.71. The molecule has 3 rings (SSSR count). The standard InChI is InChI=1S/C19H20N2O4/c1-2-11-24-16-9-5-3-7-14(16)20-18(22)12-21-13-19(23)25-17-10-6-4-8-15(17)21/h3-10H,2,11-13H2,1H3,(H,20,22). The minimum absolute atomic E-state index is 0.0401. The second-order valence-corrected chi connectivity index (χ2v) is 5.69. The van der Waals surface area contributed by atoms with Crippen LogP contribution in [0.2, 0.25) is 0 Å². The van der Waals surface area contributed by atoms with Crippen LogP contribution in [0.25, 0.3) is 0 Å². The first-order valence-electron chi connectivity index (χ1n) is 8.23. The summed E-state index contributed by atoms with van der Waals surface area (Å²) in [5.74, 6) is 0.504. The van der Waals surface area contributed by atoms with Crippen LogP contribution in [0.1, 0.15) is 13.3 Å². The highest BCUT2D eigenvalue weighted by molar-refractivity contribution is 5.97. The molecule has 1 aliphatic rings. The van der Waals surface area contributed by atoms with Crippen molar-refractivity contribution in [2.75, 3.05) is 29.9 Å². The fraction of sp³-hybridized carbons (Fsp3) is 0.263. The van der Waals surface area contributed by atoms with Gasteiger partial charge in [-0.25, -0.2) is 4.79 Å². The van der Waals surface area contributed by atoms with Crippen LogP contribution in [0, 0.1) is 0 Å². The van der Waals surface area contributed by atoms with Crippen molar-refractivity contribution >= 4 is 23.3 Å². The second kappa shape index (κ2) is 7.70. The molecule has 0 saturated carbocycles. The van der Waals surface area contributed by atoms with E-state index in [9.17, 15) is 9.59 Å². The zero-order valence-electron chi connectivity index (χ0n) is 14.0. The smallest absolute Gasteiger partial charge is 0.331 e. The van der Waals surface area contributed by atoms with Crippen LogP contribution in [0.15, 0.2) is 48.5 Å². The van der Waals surface area contributed by atoms with Gasteiger partial charge in [-0.1, -0.05) is 31.2 Å². The molecule has 6 nitrogen and oxygen atoms in total. The molecule has 0 saturated heterocycles. The molecule has 130 valence electrons. The number of nitrogens with zero attached hydrogens (tertiary/aromatic N) is 1. The first-order valence-corrected chi connectivity index (χ1v) is 8.23.